The molecule has 1 aromatic carbocycles. The number of halogens is 5. The van der Waals surface area contributed by atoms with E-state index in [9.17, 15) is 13.2 Å². The van der Waals surface area contributed by atoms with Gasteiger partial charge in [0.25, 0.3) is 0 Å². The summed E-state index contributed by atoms with van der Waals surface area (Å²) in [6.45, 7) is 0.831. The van der Waals surface area contributed by atoms with Crippen LogP contribution in [0.3, 0.4) is 0 Å². The Morgan fingerprint density at radius 1 is 1.31 bits per heavy atom. The van der Waals surface area contributed by atoms with Crippen LogP contribution in [-0.4, -0.2) is 6.54 Å². The summed E-state index contributed by atoms with van der Waals surface area (Å²) in [5, 5.41) is 3.42. The smallest absolute Gasteiger partial charge is 0.310 e. The van der Waals surface area contributed by atoms with Crippen LogP contribution in [0.4, 0.5) is 13.2 Å². The van der Waals surface area contributed by atoms with Crippen molar-refractivity contribution in [2.24, 2.45) is 0 Å². The van der Waals surface area contributed by atoms with Gasteiger partial charge in [0.05, 0.1) is 5.56 Å². The molecule has 6 heteroatoms. The molecule has 1 aliphatic rings. The normalized spacial score (nSPS) is 19.9. The average molecular weight is 272 g/mol. The van der Waals surface area contributed by atoms with Gasteiger partial charge in [0.2, 0.25) is 0 Å². The quantitative estimate of drug-likeness (QED) is 0.819. The van der Waals surface area contributed by atoms with E-state index in [1.54, 1.807) is 0 Å². The molecular weight excluding hydrogens is 262 g/mol. The summed E-state index contributed by atoms with van der Waals surface area (Å²) in [4.78, 5) is 0. The first-order chi connectivity index (χ1) is 6.98. The largest absolute Gasteiger partial charge is 0.416 e. The van der Waals surface area contributed by atoms with E-state index in [1.165, 1.54) is 6.07 Å². The van der Waals surface area contributed by atoms with Crippen molar-refractivity contribution < 1.29 is 13.2 Å². The van der Waals surface area contributed by atoms with Gasteiger partial charge in [-0.05, 0) is 36.7 Å². The summed E-state index contributed by atoms with van der Waals surface area (Å²) in [6.07, 6.45) is -3.47. The predicted octanol–water partition coefficient (Wildman–Crippen LogP) is 3.82. The second kappa shape index (κ2) is 4.82. The van der Waals surface area contributed by atoms with Crippen molar-refractivity contribution in [1.82, 2.24) is 5.32 Å². The third-order valence-electron chi connectivity index (χ3n) is 2.52. The highest BCUT2D eigenvalue weighted by molar-refractivity contribution is 6.31. The standard InChI is InChI=1S/C10H9ClF3N.ClH/c11-8-2-1-6(10(12,13)14)5-7(8)9-3-4-15-9;/h1-2,5,9,15H,3-4H2;1H/t9-;/m1./s1. The predicted molar refractivity (Wildman–Crippen MR) is 59.1 cm³/mol. The van der Waals surface area contributed by atoms with Crippen LogP contribution in [0.15, 0.2) is 18.2 Å². The van der Waals surface area contributed by atoms with E-state index in [4.69, 9.17) is 11.6 Å². The molecule has 90 valence electrons. The van der Waals surface area contributed by atoms with Gasteiger partial charge < -0.3 is 5.32 Å². The molecule has 1 fully saturated rings. The second-order valence-electron chi connectivity index (χ2n) is 3.53. The summed E-state index contributed by atoms with van der Waals surface area (Å²) >= 11 is 5.85. The zero-order chi connectivity index (χ0) is 11.1. The summed E-state index contributed by atoms with van der Waals surface area (Å²) in [5.41, 5.74) is -0.103. The van der Waals surface area contributed by atoms with Crippen molar-refractivity contribution in [1.29, 1.82) is 0 Å². The first kappa shape index (κ1) is 13.6. The fourth-order valence-electron chi connectivity index (χ4n) is 1.54. The Balaban J connectivity index is 0.00000128. The number of benzene rings is 1. The van der Waals surface area contributed by atoms with Crippen molar-refractivity contribution >= 4 is 24.0 Å². The molecule has 2 rings (SSSR count). The highest BCUT2D eigenvalue weighted by Crippen LogP contribution is 2.35. The molecule has 0 spiro atoms. The molecule has 0 unspecified atom stereocenters. The lowest BCUT2D eigenvalue weighted by Gasteiger charge is -2.29. The molecule has 0 bridgehead atoms. The molecular formula is C10H10Cl2F3N. The summed E-state index contributed by atoms with van der Waals surface area (Å²) in [6, 6.07) is 3.41. The van der Waals surface area contributed by atoms with E-state index < -0.39 is 11.7 Å². The van der Waals surface area contributed by atoms with E-state index in [1.807, 2.05) is 0 Å². The number of hydrogen-bond donors (Lipinski definition) is 1. The van der Waals surface area contributed by atoms with Gasteiger partial charge in [0.15, 0.2) is 0 Å². The molecule has 0 aliphatic carbocycles. The minimum absolute atomic E-state index is 0. The van der Waals surface area contributed by atoms with Gasteiger partial charge in [-0.2, -0.15) is 13.2 Å². The molecule has 1 aliphatic heterocycles. The van der Waals surface area contributed by atoms with Crippen LogP contribution in [-0.2, 0) is 6.18 Å². The topological polar surface area (TPSA) is 12.0 Å². The fourth-order valence-corrected chi connectivity index (χ4v) is 1.79. The molecule has 1 N–H and O–H groups in total. The van der Waals surface area contributed by atoms with Gasteiger partial charge in [0, 0.05) is 11.1 Å². The number of nitrogens with one attached hydrogen (secondary N) is 1. The van der Waals surface area contributed by atoms with Gasteiger partial charge in [-0.25, -0.2) is 0 Å². The molecule has 1 nitrogen and oxygen atoms in total. The minimum Gasteiger partial charge on any atom is -0.310 e. The molecule has 1 heterocycles. The molecule has 0 radical (unpaired) electrons. The van der Waals surface area contributed by atoms with E-state index in [0.717, 1.165) is 25.1 Å². The average Bonchev–Trinajstić information content (AvgIpc) is 2.03. The summed E-state index contributed by atoms with van der Waals surface area (Å²) < 4.78 is 37.3. The lowest BCUT2D eigenvalue weighted by atomic mass is 9.96. The Morgan fingerprint density at radius 3 is 2.38 bits per heavy atom. The van der Waals surface area contributed by atoms with Gasteiger partial charge in [-0.1, -0.05) is 11.6 Å². The summed E-state index contributed by atoms with van der Waals surface area (Å²) in [5.74, 6) is 0. The van der Waals surface area contributed by atoms with Gasteiger partial charge in [0.1, 0.15) is 0 Å². The van der Waals surface area contributed by atoms with Crippen molar-refractivity contribution in [3.63, 3.8) is 0 Å². The molecule has 0 amide bonds. The zero-order valence-electron chi connectivity index (χ0n) is 8.14. The van der Waals surface area contributed by atoms with E-state index in [0.29, 0.717) is 10.6 Å². The molecule has 0 aromatic heterocycles. The Morgan fingerprint density at radius 2 is 1.94 bits per heavy atom. The van der Waals surface area contributed by atoms with Gasteiger partial charge in [-0.15, -0.1) is 12.4 Å². The van der Waals surface area contributed by atoms with E-state index >= 15 is 0 Å². The van der Waals surface area contributed by atoms with Crippen molar-refractivity contribution in [3.8, 4) is 0 Å². The monoisotopic (exact) mass is 271 g/mol. The molecule has 1 aromatic rings. The number of alkyl halides is 3. The highest BCUT2D eigenvalue weighted by atomic mass is 35.5. The third-order valence-corrected chi connectivity index (χ3v) is 2.87. The van der Waals surface area contributed by atoms with E-state index in [-0.39, 0.29) is 18.4 Å². The third kappa shape index (κ3) is 2.62. The van der Waals surface area contributed by atoms with Crippen LogP contribution >= 0.6 is 24.0 Å². The SMILES string of the molecule is Cl.FC(F)(F)c1ccc(Cl)c([C@H]2CCN2)c1. The van der Waals surface area contributed by atoms with Crippen LogP contribution in [0, 0.1) is 0 Å². The van der Waals surface area contributed by atoms with Crippen LogP contribution < -0.4 is 5.32 Å². The molecule has 1 saturated heterocycles. The van der Waals surface area contributed by atoms with Gasteiger partial charge in [-0.3, -0.25) is 0 Å². The van der Waals surface area contributed by atoms with Crippen LogP contribution in [0.5, 0.6) is 0 Å². The summed E-state index contributed by atoms with van der Waals surface area (Å²) in [7, 11) is 0. The van der Waals surface area contributed by atoms with Crippen LogP contribution in [0.1, 0.15) is 23.6 Å². The second-order valence-corrected chi connectivity index (χ2v) is 3.94. The first-order valence-corrected chi connectivity index (χ1v) is 4.96. The van der Waals surface area contributed by atoms with Crippen molar-refractivity contribution in [2.45, 2.75) is 18.6 Å². The zero-order valence-corrected chi connectivity index (χ0v) is 9.72. The Labute approximate surface area is 102 Å². The van der Waals surface area contributed by atoms with Crippen molar-refractivity contribution in [3.05, 3.63) is 34.3 Å². The first-order valence-electron chi connectivity index (χ1n) is 4.58. The maximum atomic E-state index is 12.4. The Hall–Kier alpha value is -0.450. The molecule has 1 atom stereocenters. The Kier molecular flexibility index (Phi) is 4.10. The molecule has 16 heavy (non-hydrogen) atoms. The highest BCUT2D eigenvalue weighted by Gasteiger charge is 2.32. The number of rotatable bonds is 1. The van der Waals surface area contributed by atoms with Crippen LogP contribution in [0.25, 0.3) is 0 Å². The molecule has 0 saturated carbocycles. The maximum Gasteiger partial charge on any atom is 0.416 e. The van der Waals surface area contributed by atoms with Gasteiger partial charge >= 0.3 is 6.18 Å². The Bertz CT molecular complexity index is 375. The van der Waals surface area contributed by atoms with E-state index in [2.05, 4.69) is 5.32 Å². The van der Waals surface area contributed by atoms with Crippen LogP contribution in [0.2, 0.25) is 5.02 Å². The van der Waals surface area contributed by atoms with Crippen molar-refractivity contribution in [2.75, 3.05) is 6.54 Å². The number of hydrogen-bond acceptors (Lipinski definition) is 1. The fraction of sp³-hybridized carbons (Fsp3) is 0.400. The maximum absolute atomic E-state index is 12.4. The lowest BCUT2D eigenvalue weighted by Crippen LogP contribution is -2.35. The lowest BCUT2D eigenvalue weighted by molar-refractivity contribution is -0.137. The minimum atomic E-state index is -4.30.